The van der Waals surface area contributed by atoms with Crippen LogP contribution in [0.1, 0.15) is 111 Å². The van der Waals surface area contributed by atoms with Crippen LogP contribution in [0.25, 0.3) is 0 Å². The summed E-state index contributed by atoms with van der Waals surface area (Å²) in [6.07, 6.45) is 15.4. The standard InChI is InChI=1S/C13H21S.3C4H9.Sn/c1-13(2,3)10-6-4-5-8-12-9-7-11-14-12;3*1-3-4-2;/h7,9H,4-6,8,10H2,1-3H3;3*1,3-4H2,2H3;. The molecule has 1 rings (SSSR count). The first-order valence-corrected chi connectivity index (χ1v) is 20.3. The van der Waals surface area contributed by atoms with Gasteiger partial charge in [-0.15, -0.1) is 0 Å². The van der Waals surface area contributed by atoms with Crippen LogP contribution in [0, 0.1) is 5.41 Å². The maximum atomic E-state index is 2.60. The van der Waals surface area contributed by atoms with Crippen LogP contribution in [0.5, 0.6) is 0 Å². The van der Waals surface area contributed by atoms with Crippen molar-refractivity contribution in [1.82, 2.24) is 0 Å². The Morgan fingerprint density at radius 1 is 0.741 bits per heavy atom. The Hall–Kier alpha value is 0.499. The van der Waals surface area contributed by atoms with E-state index >= 15 is 0 Å². The van der Waals surface area contributed by atoms with Gasteiger partial charge in [0.15, 0.2) is 0 Å². The third-order valence-electron chi connectivity index (χ3n) is 6.06. The first-order chi connectivity index (χ1) is 12.9. The predicted octanol–water partition coefficient (Wildman–Crippen LogP) is 8.95. The molecular formula is C25H48SSn. The fourth-order valence-electron chi connectivity index (χ4n) is 4.22. The summed E-state index contributed by atoms with van der Waals surface area (Å²) in [6, 6.07) is 5.12. The second-order valence-corrected chi connectivity index (χ2v) is 25.3. The van der Waals surface area contributed by atoms with Crippen LogP contribution in [0.4, 0.5) is 0 Å². The molecule has 1 aromatic rings. The van der Waals surface area contributed by atoms with Crippen molar-refractivity contribution in [2.45, 2.75) is 125 Å². The van der Waals surface area contributed by atoms with E-state index in [1.807, 2.05) is 2.89 Å². The Morgan fingerprint density at radius 3 is 1.78 bits per heavy atom. The van der Waals surface area contributed by atoms with Gasteiger partial charge in [-0.2, -0.15) is 0 Å². The molecule has 0 radical (unpaired) electrons. The molecule has 0 fully saturated rings. The van der Waals surface area contributed by atoms with Crippen molar-refractivity contribution in [2.24, 2.45) is 5.41 Å². The van der Waals surface area contributed by atoms with E-state index < -0.39 is 18.4 Å². The van der Waals surface area contributed by atoms with Crippen LogP contribution in [0.15, 0.2) is 12.1 Å². The van der Waals surface area contributed by atoms with Gasteiger partial charge in [-0.1, -0.05) is 0 Å². The molecule has 0 saturated heterocycles. The van der Waals surface area contributed by atoms with E-state index in [4.69, 9.17) is 0 Å². The van der Waals surface area contributed by atoms with Gasteiger partial charge in [-0.25, -0.2) is 0 Å². The molecule has 0 aliphatic rings. The molecule has 0 N–H and O–H groups in total. The number of hydrogen-bond acceptors (Lipinski definition) is 1. The zero-order valence-electron chi connectivity index (χ0n) is 19.5. The Labute approximate surface area is 179 Å². The molecular weight excluding hydrogens is 451 g/mol. The number of rotatable bonds is 15. The van der Waals surface area contributed by atoms with E-state index in [-0.39, 0.29) is 0 Å². The van der Waals surface area contributed by atoms with Crippen LogP contribution in [-0.4, -0.2) is 18.4 Å². The van der Waals surface area contributed by atoms with E-state index in [0.717, 1.165) is 0 Å². The molecule has 27 heavy (non-hydrogen) atoms. The van der Waals surface area contributed by atoms with Crippen molar-refractivity contribution in [3.05, 3.63) is 17.0 Å². The Morgan fingerprint density at radius 2 is 1.30 bits per heavy atom. The van der Waals surface area contributed by atoms with Gasteiger partial charge in [-0.05, 0) is 0 Å². The summed E-state index contributed by atoms with van der Waals surface area (Å²) in [6.45, 7) is 14.3. The molecule has 0 atom stereocenters. The zero-order valence-corrected chi connectivity index (χ0v) is 23.1. The monoisotopic (exact) mass is 500 g/mol. The fraction of sp³-hybridized carbons (Fsp3) is 0.840. The van der Waals surface area contributed by atoms with Crippen molar-refractivity contribution >= 4 is 32.6 Å². The van der Waals surface area contributed by atoms with Gasteiger partial charge in [0.25, 0.3) is 0 Å². The molecule has 0 nitrogen and oxygen atoms in total. The van der Waals surface area contributed by atoms with Gasteiger partial charge in [-0.3, -0.25) is 0 Å². The normalized spacial score (nSPS) is 12.7. The summed E-state index contributed by atoms with van der Waals surface area (Å²) in [7, 11) is 0. The molecule has 158 valence electrons. The van der Waals surface area contributed by atoms with Gasteiger partial charge in [0, 0.05) is 0 Å². The average molecular weight is 499 g/mol. The SMILES string of the molecule is CCC[CH2][Sn]([CH2]CCC)([CH2]CCC)[c]1ccc(CCCCCC(C)(C)C)s1. The Bertz CT molecular complexity index is 461. The van der Waals surface area contributed by atoms with E-state index in [1.54, 1.807) is 18.2 Å². The second kappa shape index (κ2) is 13.7. The summed E-state index contributed by atoms with van der Waals surface area (Å²) in [4.78, 5) is 1.69. The van der Waals surface area contributed by atoms with Crippen molar-refractivity contribution in [2.75, 3.05) is 0 Å². The average Bonchev–Trinajstić information content (AvgIpc) is 3.09. The van der Waals surface area contributed by atoms with Crippen LogP contribution >= 0.6 is 11.3 Å². The molecule has 0 bridgehead atoms. The summed E-state index contributed by atoms with van der Waals surface area (Å²) in [5, 5.41) is 0. The molecule has 0 aliphatic heterocycles. The Balaban J connectivity index is 2.72. The Kier molecular flexibility index (Phi) is 12.9. The molecule has 1 heterocycles. The zero-order chi connectivity index (χ0) is 20.2. The maximum absolute atomic E-state index is 2.60. The van der Waals surface area contributed by atoms with E-state index in [2.05, 4.69) is 65.0 Å². The summed E-state index contributed by atoms with van der Waals surface area (Å²) in [5.74, 6) is 0. The topological polar surface area (TPSA) is 0 Å². The van der Waals surface area contributed by atoms with Crippen LogP contribution in [0.3, 0.4) is 0 Å². The minimum absolute atomic E-state index is 0.502. The fourth-order valence-corrected chi connectivity index (χ4v) is 24.6. The molecule has 0 amide bonds. The number of aryl methyl sites for hydroxylation is 1. The van der Waals surface area contributed by atoms with Gasteiger partial charge in [0.05, 0.1) is 0 Å². The van der Waals surface area contributed by atoms with E-state index in [9.17, 15) is 0 Å². The third kappa shape index (κ3) is 10.2. The quantitative estimate of drug-likeness (QED) is 0.167. The van der Waals surface area contributed by atoms with E-state index in [0.29, 0.717) is 5.41 Å². The first-order valence-electron chi connectivity index (χ1n) is 12.0. The molecule has 1 aromatic heterocycles. The first kappa shape index (κ1) is 25.5. The second-order valence-electron chi connectivity index (χ2n) is 9.98. The van der Waals surface area contributed by atoms with Crippen molar-refractivity contribution < 1.29 is 0 Å². The number of unbranched alkanes of at least 4 members (excludes halogenated alkanes) is 5. The number of thiophene rings is 1. The molecule has 0 aromatic carbocycles. The van der Waals surface area contributed by atoms with Gasteiger partial charge in [0.2, 0.25) is 0 Å². The van der Waals surface area contributed by atoms with Gasteiger partial charge >= 0.3 is 181 Å². The molecule has 0 spiro atoms. The van der Waals surface area contributed by atoms with Crippen LogP contribution in [-0.2, 0) is 6.42 Å². The van der Waals surface area contributed by atoms with Crippen molar-refractivity contribution in [3.8, 4) is 0 Å². The summed E-state index contributed by atoms with van der Waals surface area (Å²) < 4.78 is 6.74. The molecule has 2 heteroatoms. The van der Waals surface area contributed by atoms with Gasteiger partial charge in [0.1, 0.15) is 0 Å². The molecule has 0 aliphatic carbocycles. The van der Waals surface area contributed by atoms with E-state index in [1.165, 1.54) is 70.6 Å². The van der Waals surface area contributed by atoms with Gasteiger partial charge < -0.3 is 0 Å². The third-order valence-corrected chi connectivity index (χ3v) is 25.5. The van der Waals surface area contributed by atoms with Crippen molar-refractivity contribution in [3.63, 3.8) is 0 Å². The van der Waals surface area contributed by atoms with Crippen LogP contribution < -0.4 is 2.89 Å². The molecule has 0 unspecified atom stereocenters. The summed E-state index contributed by atoms with van der Waals surface area (Å²) >= 11 is 0.0807. The predicted molar refractivity (Wildman–Crippen MR) is 130 cm³/mol. The minimum atomic E-state index is -2.17. The number of hydrogen-bond donors (Lipinski definition) is 0. The van der Waals surface area contributed by atoms with Crippen LogP contribution in [0.2, 0.25) is 13.3 Å². The molecule has 0 saturated carbocycles. The van der Waals surface area contributed by atoms with Crippen molar-refractivity contribution in [1.29, 1.82) is 0 Å². The summed E-state index contributed by atoms with van der Waals surface area (Å²) in [5.41, 5.74) is 0.502.